The predicted molar refractivity (Wildman–Crippen MR) is 128 cm³/mol. The quantitative estimate of drug-likeness (QED) is 0.605. The molecule has 1 saturated carbocycles. The molecule has 3 amide bonds. The summed E-state index contributed by atoms with van der Waals surface area (Å²) in [7, 11) is 2.77. The summed E-state index contributed by atoms with van der Waals surface area (Å²) in [4.78, 5) is 36.1. The fraction of sp³-hybridized carbons (Fsp3) is 0.417. The predicted octanol–water partition coefficient (Wildman–Crippen LogP) is 3.67. The number of urea groups is 1. The standard InChI is InChI=1S/C24H28F2N6O3/c1-5-18(33)28-15-8-6-7-9-16(15)29-23-27-11-14-12-32(24(34)31(3)22(14)30-23)21-19(25)13(2)10-17(35-4)20(21)26/h5,10-11,15-16H,1,6-9,12H2,2-4H3,(H,28,33)(H,27,29,30)/t15-,16+/m0/s1. The minimum absolute atomic E-state index is 0.0882. The first-order valence-corrected chi connectivity index (χ1v) is 11.4. The number of anilines is 3. The summed E-state index contributed by atoms with van der Waals surface area (Å²) in [5.41, 5.74) is 0.201. The second-order valence-electron chi connectivity index (χ2n) is 8.70. The molecule has 1 aliphatic heterocycles. The average molecular weight is 487 g/mol. The van der Waals surface area contributed by atoms with Crippen molar-refractivity contribution >= 4 is 29.4 Å². The molecule has 2 aromatic rings. The van der Waals surface area contributed by atoms with Crippen molar-refractivity contribution in [1.29, 1.82) is 0 Å². The van der Waals surface area contributed by atoms with E-state index >= 15 is 0 Å². The van der Waals surface area contributed by atoms with Gasteiger partial charge in [0.05, 0.1) is 13.7 Å². The van der Waals surface area contributed by atoms with E-state index in [-0.39, 0.29) is 35.8 Å². The summed E-state index contributed by atoms with van der Waals surface area (Å²) in [5.74, 6) is -1.54. The molecule has 1 aromatic heterocycles. The number of ether oxygens (including phenoxy) is 1. The van der Waals surface area contributed by atoms with E-state index in [0.29, 0.717) is 17.3 Å². The lowest BCUT2D eigenvalue weighted by Crippen LogP contribution is -2.49. The van der Waals surface area contributed by atoms with Gasteiger partial charge in [0, 0.05) is 30.9 Å². The molecular formula is C24H28F2N6O3. The highest BCUT2D eigenvalue weighted by atomic mass is 19.1. The molecule has 1 fully saturated rings. The summed E-state index contributed by atoms with van der Waals surface area (Å²) in [6.07, 6.45) is 6.39. The van der Waals surface area contributed by atoms with Crippen molar-refractivity contribution in [2.75, 3.05) is 29.3 Å². The van der Waals surface area contributed by atoms with Gasteiger partial charge in [-0.05, 0) is 37.5 Å². The van der Waals surface area contributed by atoms with Crippen LogP contribution in [-0.4, -0.2) is 48.1 Å². The third-order valence-corrected chi connectivity index (χ3v) is 6.41. The number of hydrogen-bond acceptors (Lipinski definition) is 6. The molecule has 0 radical (unpaired) electrons. The van der Waals surface area contributed by atoms with Crippen molar-refractivity contribution in [2.45, 2.75) is 51.2 Å². The normalized spacial score (nSPS) is 19.7. The third-order valence-electron chi connectivity index (χ3n) is 6.41. The van der Waals surface area contributed by atoms with E-state index in [4.69, 9.17) is 4.74 Å². The molecule has 1 aliphatic carbocycles. The maximum Gasteiger partial charge on any atom is 0.330 e. The fourth-order valence-electron chi connectivity index (χ4n) is 4.55. The molecule has 9 nitrogen and oxygen atoms in total. The fourth-order valence-corrected chi connectivity index (χ4v) is 4.55. The van der Waals surface area contributed by atoms with E-state index in [1.165, 1.54) is 44.3 Å². The van der Waals surface area contributed by atoms with Crippen molar-refractivity contribution < 1.29 is 23.1 Å². The zero-order valence-corrected chi connectivity index (χ0v) is 19.9. The maximum atomic E-state index is 15.0. The van der Waals surface area contributed by atoms with Gasteiger partial charge in [0.15, 0.2) is 17.4 Å². The van der Waals surface area contributed by atoms with E-state index < -0.39 is 23.4 Å². The molecule has 0 saturated heterocycles. The van der Waals surface area contributed by atoms with Gasteiger partial charge in [-0.2, -0.15) is 4.98 Å². The van der Waals surface area contributed by atoms with Crippen molar-refractivity contribution in [3.05, 3.63) is 47.7 Å². The molecule has 2 heterocycles. The number of hydrogen-bond donors (Lipinski definition) is 2. The van der Waals surface area contributed by atoms with Gasteiger partial charge in [0.25, 0.3) is 0 Å². The Balaban J connectivity index is 1.61. The molecule has 11 heteroatoms. The van der Waals surface area contributed by atoms with Crippen LogP contribution in [0, 0.1) is 18.6 Å². The van der Waals surface area contributed by atoms with Crippen LogP contribution >= 0.6 is 0 Å². The van der Waals surface area contributed by atoms with Crippen LogP contribution in [0.3, 0.4) is 0 Å². The SMILES string of the molecule is C=CC(=O)N[C@H]1CCCC[C@H]1Nc1ncc2c(n1)N(C)C(=O)N(c1c(F)c(C)cc(OC)c1F)C2. The van der Waals surface area contributed by atoms with Crippen LogP contribution in [0.5, 0.6) is 5.75 Å². The molecule has 2 aliphatic rings. The van der Waals surface area contributed by atoms with Crippen LogP contribution in [0.2, 0.25) is 0 Å². The van der Waals surface area contributed by atoms with Gasteiger partial charge >= 0.3 is 6.03 Å². The number of rotatable bonds is 6. The minimum Gasteiger partial charge on any atom is -0.494 e. The first-order chi connectivity index (χ1) is 16.7. The Hall–Kier alpha value is -3.76. The summed E-state index contributed by atoms with van der Waals surface area (Å²) in [5, 5.41) is 6.21. The molecule has 35 heavy (non-hydrogen) atoms. The summed E-state index contributed by atoms with van der Waals surface area (Å²) in [6.45, 7) is 4.87. The summed E-state index contributed by atoms with van der Waals surface area (Å²) in [6, 6.07) is 0.416. The lowest BCUT2D eigenvalue weighted by molar-refractivity contribution is -0.117. The number of nitrogens with zero attached hydrogens (tertiary/aromatic N) is 4. The number of aryl methyl sites for hydroxylation is 1. The van der Waals surface area contributed by atoms with Gasteiger partial charge in [-0.25, -0.2) is 18.6 Å². The van der Waals surface area contributed by atoms with Gasteiger partial charge in [0.1, 0.15) is 11.5 Å². The second-order valence-corrected chi connectivity index (χ2v) is 8.70. The topological polar surface area (TPSA) is 99.7 Å². The first-order valence-electron chi connectivity index (χ1n) is 11.4. The van der Waals surface area contributed by atoms with Gasteiger partial charge in [0.2, 0.25) is 11.9 Å². The minimum atomic E-state index is -0.954. The van der Waals surface area contributed by atoms with Gasteiger partial charge in [-0.1, -0.05) is 19.4 Å². The molecule has 0 unspecified atom stereocenters. The number of amides is 3. The Bertz CT molecular complexity index is 1170. The van der Waals surface area contributed by atoms with E-state index in [1.807, 2.05) is 0 Å². The van der Waals surface area contributed by atoms with Crippen LogP contribution in [0.1, 0.15) is 36.8 Å². The molecular weight excluding hydrogens is 458 g/mol. The van der Waals surface area contributed by atoms with Crippen molar-refractivity contribution in [2.24, 2.45) is 0 Å². The van der Waals surface area contributed by atoms with Crippen LogP contribution in [0.25, 0.3) is 0 Å². The smallest absolute Gasteiger partial charge is 0.330 e. The van der Waals surface area contributed by atoms with Crippen LogP contribution < -0.4 is 25.2 Å². The van der Waals surface area contributed by atoms with E-state index in [9.17, 15) is 18.4 Å². The van der Waals surface area contributed by atoms with E-state index in [1.54, 1.807) is 0 Å². The van der Waals surface area contributed by atoms with Crippen molar-refractivity contribution in [1.82, 2.24) is 15.3 Å². The Morgan fingerprint density at radius 2 is 1.97 bits per heavy atom. The zero-order chi connectivity index (χ0) is 25.3. The number of methoxy groups -OCH3 is 1. The Kier molecular flexibility index (Phi) is 6.86. The van der Waals surface area contributed by atoms with Crippen LogP contribution in [-0.2, 0) is 11.3 Å². The van der Waals surface area contributed by atoms with Crippen LogP contribution in [0.4, 0.5) is 31.0 Å². The van der Waals surface area contributed by atoms with Crippen molar-refractivity contribution in [3.8, 4) is 5.75 Å². The number of benzene rings is 1. The first kappa shape index (κ1) is 24.4. The average Bonchev–Trinajstić information content (AvgIpc) is 2.85. The lowest BCUT2D eigenvalue weighted by atomic mass is 9.90. The van der Waals surface area contributed by atoms with E-state index in [2.05, 4.69) is 27.2 Å². The zero-order valence-electron chi connectivity index (χ0n) is 19.9. The molecule has 2 atom stereocenters. The summed E-state index contributed by atoms with van der Waals surface area (Å²) >= 11 is 0. The maximum absolute atomic E-state index is 15.0. The largest absolute Gasteiger partial charge is 0.494 e. The molecule has 0 spiro atoms. The molecule has 1 aromatic carbocycles. The highest BCUT2D eigenvalue weighted by Gasteiger charge is 2.36. The van der Waals surface area contributed by atoms with Gasteiger partial charge in [-0.3, -0.25) is 14.6 Å². The number of nitrogens with one attached hydrogen (secondary N) is 2. The van der Waals surface area contributed by atoms with Crippen molar-refractivity contribution in [3.63, 3.8) is 0 Å². The highest BCUT2D eigenvalue weighted by molar-refractivity contribution is 6.05. The van der Waals surface area contributed by atoms with Crippen LogP contribution in [0.15, 0.2) is 24.9 Å². The second kappa shape index (κ2) is 9.85. The highest BCUT2D eigenvalue weighted by Crippen LogP contribution is 2.37. The molecule has 2 N–H and O–H groups in total. The lowest BCUT2D eigenvalue weighted by Gasteiger charge is -2.35. The third kappa shape index (κ3) is 4.62. The Morgan fingerprint density at radius 1 is 1.26 bits per heavy atom. The number of fused-ring (bicyclic) bond motifs is 1. The summed E-state index contributed by atoms with van der Waals surface area (Å²) < 4.78 is 34.9. The Labute approximate surface area is 202 Å². The number of halogens is 2. The number of aromatic nitrogens is 2. The molecule has 186 valence electrons. The number of carbonyl (C=O) groups is 2. The number of carbonyl (C=O) groups excluding carboxylic acids is 2. The van der Waals surface area contributed by atoms with Gasteiger partial charge < -0.3 is 15.4 Å². The Morgan fingerprint density at radius 3 is 2.66 bits per heavy atom. The van der Waals surface area contributed by atoms with Gasteiger partial charge in [-0.15, -0.1) is 0 Å². The monoisotopic (exact) mass is 486 g/mol. The van der Waals surface area contributed by atoms with E-state index in [0.717, 1.165) is 30.6 Å². The molecule has 4 rings (SSSR count). The molecule has 0 bridgehead atoms.